The van der Waals surface area contributed by atoms with Crippen LogP contribution in [0, 0.1) is 0 Å². The maximum Gasteiger partial charge on any atom is 0.226 e. The van der Waals surface area contributed by atoms with Gasteiger partial charge >= 0.3 is 0 Å². The van der Waals surface area contributed by atoms with Gasteiger partial charge in [-0.1, -0.05) is 30.3 Å². The molecule has 0 unspecified atom stereocenters. The minimum atomic E-state index is -0.0680. The summed E-state index contributed by atoms with van der Waals surface area (Å²) in [6, 6.07) is 17.3. The Hall–Kier alpha value is -2.86. The summed E-state index contributed by atoms with van der Waals surface area (Å²) in [7, 11) is 0. The molecule has 0 atom stereocenters. The van der Waals surface area contributed by atoms with Crippen LogP contribution in [0.25, 0.3) is 10.6 Å². The molecule has 140 valence electrons. The van der Waals surface area contributed by atoms with Gasteiger partial charge in [0, 0.05) is 5.38 Å². The molecule has 0 radical (unpaired) electrons. The fraction of sp³-hybridized carbons (Fsp3) is 0.238. The summed E-state index contributed by atoms with van der Waals surface area (Å²) >= 11 is 1.51. The van der Waals surface area contributed by atoms with Crippen molar-refractivity contribution in [2.24, 2.45) is 0 Å². The summed E-state index contributed by atoms with van der Waals surface area (Å²) in [5.41, 5.74) is 1.70. The summed E-state index contributed by atoms with van der Waals surface area (Å²) in [5, 5.41) is 5.63. The molecule has 6 heteroatoms. The summed E-state index contributed by atoms with van der Waals surface area (Å²) in [4.78, 5) is 16.7. The predicted molar refractivity (Wildman–Crippen MR) is 107 cm³/mol. The number of carbonyl (C=O) groups is 1. The zero-order valence-corrected chi connectivity index (χ0v) is 16.0. The lowest BCUT2D eigenvalue weighted by atomic mass is 10.2. The van der Waals surface area contributed by atoms with Gasteiger partial charge in [-0.2, -0.15) is 0 Å². The molecule has 2 aromatic carbocycles. The highest BCUT2D eigenvalue weighted by atomic mass is 32.1. The van der Waals surface area contributed by atoms with E-state index in [0.29, 0.717) is 19.8 Å². The van der Waals surface area contributed by atoms with E-state index in [0.717, 1.165) is 27.8 Å². The van der Waals surface area contributed by atoms with E-state index in [4.69, 9.17) is 9.47 Å². The predicted octanol–water partition coefficient (Wildman–Crippen LogP) is 3.95. The molecular formula is C21H22N2O3S. The Kier molecular flexibility index (Phi) is 6.82. The normalized spacial score (nSPS) is 10.4. The first-order chi connectivity index (χ1) is 13.3. The Morgan fingerprint density at radius 3 is 2.67 bits per heavy atom. The number of para-hydroxylation sites is 2. The molecule has 5 nitrogen and oxygen atoms in total. The van der Waals surface area contributed by atoms with Crippen LogP contribution in [0.15, 0.2) is 60.0 Å². The van der Waals surface area contributed by atoms with Gasteiger partial charge in [-0.05, 0) is 31.2 Å². The second-order valence-corrected chi connectivity index (χ2v) is 6.62. The van der Waals surface area contributed by atoms with Crippen molar-refractivity contribution < 1.29 is 14.3 Å². The van der Waals surface area contributed by atoms with Gasteiger partial charge in [-0.25, -0.2) is 4.98 Å². The fourth-order valence-corrected chi connectivity index (χ4v) is 3.39. The average molecular weight is 382 g/mol. The molecule has 1 amide bonds. The van der Waals surface area contributed by atoms with E-state index in [1.807, 2.05) is 66.9 Å². The quantitative estimate of drug-likeness (QED) is 0.569. The molecule has 0 bridgehead atoms. The van der Waals surface area contributed by atoms with Gasteiger partial charge in [0.2, 0.25) is 5.91 Å². The average Bonchev–Trinajstić information content (AvgIpc) is 3.15. The fourth-order valence-electron chi connectivity index (χ4n) is 2.54. The Morgan fingerprint density at radius 1 is 1.07 bits per heavy atom. The summed E-state index contributed by atoms with van der Waals surface area (Å²) < 4.78 is 11.2. The monoisotopic (exact) mass is 382 g/mol. The Labute approximate surface area is 163 Å². The first-order valence-electron chi connectivity index (χ1n) is 8.87. The highest BCUT2D eigenvalue weighted by Crippen LogP contribution is 2.32. The number of carbonyl (C=O) groups excluding carboxylic acids is 1. The second kappa shape index (κ2) is 9.73. The van der Waals surface area contributed by atoms with Crippen LogP contribution in [0.4, 0.5) is 0 Å². The van der Waals surface area contributed by atoms with Gasteiger partial charge in [0.15, 0.2) is 0 Å². The molecule has 0 aliphatic carbocycles. The molecule has 1 N–H and O–H groups in total. The number of benzene rings is 2. The van der Waals surface area contributed by atoms with Crippen LogP contribution in [0.1, 0.15) is 12.6 Å². The van der Waals surface area contributed by atoms with E-state index in [9.17, 15) is 4.79 Å². The lowest BCUT2D eigenvalue weighted by Gasteiger charge is -2.07. The lowest BCUT2D eigenvalue weighted by molar-refractivity contribution is -0.120. The van der Waals surface area contributed by atoms with Gasteiger partial charge in [-0.3, -0.25) is 4.79 Å². The van der Waals surface area contributed by atoms with E-state index in [1.165, 1.54) is 11.3 Å². The van der Waals surface area contributed by atoms with Gasteiger partial charge in [0.05, 0.1) is 30.8 Å². The molecule has 3 aromatic rings. The van der Waals surface area contributed by atoms with Crippen molar-refractivity contribution in [3.63, 3.8) is 0 Å². The molecule has 1 aromatic heterocycles. The maximum absolute atomic E-state index is 12.1. The highest BCUT2D eigenvalue weighted by Gasteiger charge is 2.12. The van der Waals surface area contributed by atoms with Crippen LogP contribution < -0.4 is 14.8 Å². The van der Waals surface area contributed by atoms with Crippen molar-refractivity contribution in [3.8, 4) is 22.1 Å². The topological polar surface area (TPSA) is 60.5 Å². The molecule has 0 saturated carbocycles. The molecule has 1 heterocycles. The number of thiazole rings is 1. The zero-order chi connectivity index (χ0) is 18.9. The van der Waals surface area contributed by atoms with Crippen LogP contribution in [0.2, 0.25) is 0 Å². The number of rotatable bonds is 9. The van der Waals surface area contributed by atoms with Gasteiger partial charge in [-0.15, -0.1) is 11.3 Å². The minimum absolute atomic E-state index is 0.0680. The van der Waals surface area contributed by atoms with Crippen molar-refractivity contribution in [2.45, 2.75) is 13.3 Å². The van der Waals surface area contributed by atoms with Crippen molar-refractivity contribution in [2.75, 3.05) is 19.8 Å². The summed E-state index contributed by atoms with van der Waals surface area (Å²) in [6.45, 7) is 3.44. The summed E-state index contributed by atoms with van der Waals surface area (Å²) in [6.07, 6.45) is 0.249. The Morgan fingerprint density at radius 2 is 1.85 bits per heavy atom. The number of ether oxygens (including phenoxy) is 2. The van der Waals surface area contributed by atoms with E-state index in [1.54, 1.807) is 0 Å². The Bertz CT molecular complexity index is 865. The number of nitrogens with zero attached hydrogens (tertiary/aromatic N) is 1. The van der Waals surface area contributed by atoms with E-state index in [-0.39, 0.29) is 12.3 Å². The van der Waals surface area contributed by atoms with Crippen molar-refractivity contribution in [3.05, 3.63) is 65.7 Å². The van der Waals surface area contributed by atoms with Crippen molar-refractivity contribution in [1.82, 2.24) is 10.3 Å². The molecule has 3 rings (SSSR count). The molecule has 0 aliphatic rings. The Balaban J connectivity index is 1.49. The first kappa shape index (κ1) is 18.9. The van der Waals surface area contributed by atoms with Gasteiger partial charge in [0.1, 0.15) is 23.1 Å². The number of aromatic nitrogens is 1. The molecule has 0 spiro atoms. The van der Waals surface area contributed by atoms with Gasteiger partial charge in [0.25, 0.3) is 0 Å². The van der Waals surface area contributed by atoms with Crippen LogP contribution in [0.3, 0.4) is 0 Å². The minimum Gasteiger partial charge on any atom is -0.493 e. The maximum atomic E-state index is 12.1. The van der Waals surface area contributed by atoms with E-state index >= 15 is 0 Å². The molecule has 0 aliphatic heterocycles. The summed E-state index contributed by atoms with van der Waals surface area (Å²) in [5.74, 6) is 1.54. The molecule has 0 fully saturated rings. The van der Waals surface area contributed by atoms with Crippen LogP contribution in [-0.4, -0.2) is 30.6 Å². The van der Waals surface area contributed by atoms with Crippen LogP contribution in [0.5, 0.6) is 11.5 Å². The SMILES string of the molecule is CCOc1ccccc1-c1nc(CC(=O)NCCOc2ccccc2)cs1. The highest BCUT2D eigenvalue weighted by molar-refractivity contribution is 7.13. The number of nitrogens with one attached hydrogen (secondary N) is 1. The second-order valence-electron chi connectivity index (χ2n) is 5.76. The smallest absolute Gasteiger partial charge is 0.226 e. The van der Waals surface area contributed by atoms with E-state index in [2.05, 4.69) is 10.3 Å². The first-order valence-corrected chi connectivity index (χ1v) is 9.75. The van der Waals surface area contributed by atoms with Gasteiger partial charge < -0.3 is 14.8 Å². The third-order valence-electron chi connectivity index (χ3n) is 3.75. The third kappa shape index (κ3) is 5.56. The zero-order valence-electron chi connectivity index (χ0n) is 15.2. The largest absolute Gasteiger partial charge is 0.493 e. The number of amides is 1. The number of hydrogen-bond donors (Lipinski definition) is 1. The molecule has 27 heavy (non-hydrogen) atoms. The lowest BCUT2D eigenvalue weighted by Crippen LogP contribution is -2.29. The number of hydrogen-bond acceptors (Lipinski definition) is 5. The van der Waals surface area contributed by atoms with E-state index < -0.39 is 0 Å². The molecule has 0 saturated heterocycles. The van der Waals surface area contributed by atoms with Crippen molar-refractivity contribution in [1.29, 1.82) is 0 Å². The third-order valence-corrected chi connectivity index (χ3v) is 4.67. The molecular weight excluding hydrogens is 360 g/mol. The van der Waals surface area contributed by atoms with Crippen LogP contribution >= 0.6 is 11.3 Å². The van der Waals surface area contributed by atoms with Crippen LogP contribution in [-0.2, 0) is 11.2 Å². The van der Waals surface area contributed by atoms with Crippen molar-refractivity contribution >= 4 is 17.2 Å². The standard InChI is InChI=1S/C21H22N2O3S/c1-2-25-19-11-7-6-10-18(19)21-23-16(15-27-21)14-20(24)22-12-13-26-17-8-4-3-5-9-17/h3-11,15H,2,12-14H2,1H3,(H,22,24).